The Balaban J connectivity index is 2.22. The second kappa shape index (κ2) is 8.78. The Kier molecular flexibility index (Phi) is 6.46. The first kappa shape index (κ1) is 18.4. The summed E-state index contributed by atoms with van der Waals surface area (Å²) >= 11 is 0. The number of Topliss-reactive ketones (excluding diaryl/α,β-unsaturated/α-hetero) is 1. The van der Waals surface area contributed by atoms with E-state index in [2.05, 4.69) is 10.5 Å². The van der Waals surface area contributed by atoms with Gasteiger partial charge in [0.2, 0.25) is 0 Å². The van der Waals surface area contributed by atoms with Gasteiger partial charge >= 0.3 is 0 Å². The lowest BCUT2D eigenvalue weighted by atomic mass is 10.1. The van der Waals surface area contributed by atoms with Crippen molar-refractivity contribution in [2.45, 2.75) is 33.4 Å². The Morgan fingerprint density at radius 3 is 2.08 bits per heavy atom. The maximum Gasteiger partial charge on any atom is 0.278 e. The molecular weight excluding hydrogens is 314 g/mol. The molecule has 0 aliphatic carbocycles. The van der Waals surface area contributed by atoms with E-state index in [0.29, 0.717) is 12.2 Å². The molecule has 0 aliphatic heterocycles. The van der Waals surface area contributed by atoms with E-state index >= 15 is 0 Å². The number of hydrogen-bond acceptors (Lipinski definition) is 4. The fraction of sp³-hybridized carbons (Fsp3) is 0.250. The van der Waals surface area contributed by atoms with Gasteiger partial charge in [-0.2, -0.15) is 5.10 Å². The quantitative estimate of drug-likeness (QED) is 0.478. The SMILES string of the molecule is CC(=O)/C(=N/Nc1ccccc1)C(=O)N(Cc1ccccc1)C(C)C. The second-order valence-electron chi connectivity index (χ2n) is 6.01. The Hall–Kier alpha value is -2.95. The number of carbonyl (C=O) groups is 2. The fourth-order valence-electron chi connectivity index (χ4n) is 2.32. The van der Waals surface area contributed by atoms with Crippen molar-refractivity contribution in [2.75, 3.05) is 5.43 Å². The van der Waals surface area contributed by atoms with Crippen LogP contribution in [0.3, 0.4) is 0 Å². The zero-order chi connectivity index (χ0) is 18.2. The number of carbonyl (C=O) groups excluding carboxylic acids is 2. The van der Waals surface area contributed by atoms with Crippen LogP contribution < -0.4 is 5.43 Å². The molecule has 0 heterocycles. The number of rotatable bonds is 7. The van der Waals surface area contributed by atoms with E-state index in [0.717, 1.165) is 5.56 Å². The Bertz CT molecular complexity index is 740. The van der Waals surface area contributed by atoms with Gasteiger partial charge in [0.15, 0.2) is 11.5 Å². The molecule has 0 atom stereocenters. The van der Waals surface area contributed by atoms with E-state index in [9.17, 15) is 9.59 Å². The molecule has 0 aromatic heterocycles. The number of benzene rings is 2. The van der Waals surface area contributed by atoms with Crippen LogP contribution >= 0.6 is 0 Å². The molecule has 5 nitrogen and oxygen atoms in total. The predicted molar refractivity (Wildman–Crippen MR) is 100 cm³/mol. The monoisotopic (exact) mass is 337 g/mol. The highest BCUT2D eigenvalue weighted by molar-refractivity contribution is 6.65. The number of anilines is 1. The zero-order valence-electron chi connectivity index (χ0n) is 14.8. The lowest BCUT2D eigenvalue weighted by Crippen LogP contribution is -2.43. The second-order valence-corrected chi connectivity index (χ2v) is 6.01. The minimum Gasteiger partial charge on any atom is -0.330 e. The van der Waals surface area contributed by atoms with Crippen molar-refractivity contribution < 1.29 is 9.59 Å². The van der Waals surface area contributed by atoms with E-state index in [1.54, 1.807) is 4.90 Å². The number of nitrogens with one attached hydrogen (secondary N) is 1. The van der Waals surface area contributed by atoms with Crippen molar-refractivity contribution >= 4 is 23.1 Å². The van der Waals surface area contributed by atoms with E-state index in [1.807, 2.05) is 74.5 Å². The van der Waals surface area contributed by atoms with Gasteiger partial charge in [0, 0.05) is 19.5 Å². The van der Waals surface area contributed by atoms with Crippen LogP contribution in [0.4, 0.5) is 5.69 Å². The van der Waals surface area contributed by atoms with Crippen molar-refractivity contribution in [1.29, 1.82) is 0 Å². The minimum absolute atomic E-state index is 0.0611. The average Bonchev–Trinajstić information content (AvgIpc) is 2.61. The summed E-state index contributed by atoms with van der Waals surface area (Å²) in [6.07, 6.45) is 0. The number of nitrogens with zero attached hydrogens (tertiary/aromatic N) is 2. The van der Waals surface area contributed by atoms with Crippen molar-refractivity contribution in [3.63, 3.8) is 0 Å². The minimum atomic E-state index is -0.380. The smallest absolute Gasteiger partial charge is 0.278 e. The summed E-state index contributed by atoms with van der Waals surface area (Å²) in [4.78, 5) is 26.5. The number of ketones is 1. The Morgan fingerprint density at radius 1 is 1.00 bits per heavy atom. The average molecular weight is 337 g/mol. The van der Waals surface area contributed by atoms with Crippen LogP contribution in [0.2, 0.25) is 0 Å². The van der Waals surface area contributed by atoms with E-state index in [-0.39, 0.29) is 23.4 Å². The van der Waals surface area contributed by atoms with Crippen LogP contribution in [0.15, 0.2) is 65.8 Å². The summed E-state index contributed by atoms with van der Waals surface area (Å²) in [5, 5.41) is 4.06. The van der Waals surface area contributed by atoms with Gasteiger partial charge in [-0.1, -0.05) is 48.5 Å². The summed E-state index contributed by atoms with van der Waals surface area (Å²) < 4.78 is 0. The van der Waals surface area contributed by atoms with E-state index < -0.39 is 0 Å². The van der Waals surface area contributed by atoms with Crippen LogP contribution in [-0.4, -0.2) is 28.3 Å². The van der Waals surface area contributed by atoms with Crippen LogP contribution in [-0.2, 0) is 16.1 Å². The van der Waals surface area contributed by atoms with Crippen molar-refractivity contribution in [1.82, 2.24) is 4.90 Å². The molecule has 0 unspecified atom stereocenters. The summed E-state index contributed by atoms with van der Waals surface area (Å²) in [6.45, 7) is 5.62. The first-order valence-electron chi connectivity index (χ1n) is 8.23. The molecule has 5 heteroatoms. The standard InChI is InChI=1S/C20H23N3O2/c1-15(2)23(14-17-10-6-4-7-11-17)20(25)19(16(3)24)22-21-18-12-8-5-9-13-18/h4-13,15,21H,14H2,1-3H3/b22-19-. The number of para-hydroxylation sites is 1. The normalized spacial score (nSPS) is 11.3. The van der Waals surface area contributed by atoms with Crippen LogP contribution in [0.25, 0.3) is 0 Å². The molecule has 2 rings (SSSR count). The predicted octanol–water partition coefficient (Wildman–Crippen LogP) is 3.48. The third-order valence-electron chi connectivity index (χ3n) is 3.69. The number of amides is 1. The fourth-order valence-corrected chi connectivity index (χ4v) is 2.32. The molecule has 0 saturated heterocycles. The maximum atomic E-state index is 12.9. The molecule has 130 valence electrons. The molecule has 0 fully saturated rings. The van der Waals surface area contributed by atoms with Crippen molar-refractivity contribution in [3.05, 3.63) is 66.2 Å². The van der Waals surface area contributed by atoms with Gasteiger partial charge in [0.05, 0.1) is 5.69 Å². The molecule has 0 saturated carbocycles. The van der Waals surface area contributed by atoms with Gasteiger partial charge < -0.3 is 4.90 Å². The summed E-state index contributed by atoms with van der Waals surface area (Å²) in [6, 6.07) is 18.8. The van der Waals surface area contributed by atoms with Crippen LogP contribution in [0, 0.1) is 0 Å². The molecule has 2 aromatic rings. The molecule has 1 N–H and O–H groups in total. The molecule has 0 bridgehead atoms. The molecule has 0 radical (unpaired) electrons. The lowest BCUT2D eigenvalue weighted by Gasteiger charge is -2.27. The highest BCUT2D eigenvalue weighted by Crippen LogP contribution is 2.11. The maximum absolute atomic E-state index is 12.9. The number of hydrogen-bond donors (Lipinski definition) is 1. The van der Waals surface area contributed by atoms with Crippen molar-refractivity contribution in [3.8, 4) is 0 Å². The molecule has 0 spiro atoms. The van der Waals surface area contributed by atoms with Gasteiger partial charge in [-0.15, -0.1) is 0 Å². The molecule has 2 aromatic carbocycles. The van der Waals surface area contributed by atoms with Gasteiger partial charge in [-0.25, -0.2) is 0 Å². The molecule has 0 aliphatic rings. The van der Waals surface area contributed by atoms with Gasteiger partial charge in [-0.05, 0) is 31.5 Å². The Morgan fingerprint density at radius 2 is 1.56 bits per heavy atom. The topological polar surface area (TPSA) is 61.8 Å². The third kappa shape index (κ3) is 5.28. The summed E-state index contributed by atoms with van der Waals surface area (Å²) in [5.41, 5.74) is 4.40. The highest BCUT2D eigenvalue weighted by Gasteiger charge is 2.25. The summed E-state index contributed by atoms with van der Waals surface area (Å²) in [7, 11) is 0. The largest absolute Gasteiger partial charge is 0.330 e. The van der Waals surface area contributed by atoms with Crippen LogP contribution in [0.1, 0.15) is 26.3 Å². The first-order chi connectivity index (χ1) is 12.0. The van der Waals surface area contributed by atoms with E-state index in [1.165, 1.54) is 6.92 Å². The van der Waals surface area contributed by atoms with Gasteiger partial charge in [0.25, 0.3) is 5.91 Å². The Labute approximate surface area is 148 Å². The molecule has 1 amide bonds. The van der Waals surface area contributed by atoms with E-state index in [4.69, 9.17) is 0 Å². The molecule has 25 heavy (non-hydrogen) atoms. The summed E-state index contributed by atoms with van der Waals surface area (Å²) in [5.74, 6) is -0.748. The van der Waals surface area contributed by atoms with Gasteiger partial charge in [-0.3, -0.25) is 15.0 Å². The third-order valence-corrected chi connectivity index (χ3v) is 3.69. The lowest BCUT2D eigenvalue weighted by molar-refractivity contribution is -0.127. The zero-order valence-corrected chi connectivity index (χ0v) is 14.8. The first-order valence-corrected chi connectivity index (χ1v) is 8.23. The van der Waals surface area contributed by atoms with Crippen LogP contribution in [0.5, 0.6) is 0 Å². The van der Waals surface area contributed by atoms with Crippen molar-refractivity contribution in [2.24, 2.45) is 5.10 Å². The highest BCUT2D eigenvalue weighted by atomic mass is 16.2. The molecular formula is C20H23N3O2. The van der Waals surface area contributed by atoms with Gasteiger partial charge in [0.1, 0.15) is 0 Å². The number of hydrazone groups is 1.